The standard InChI is InChI=1S/C8H12N2.C6H4N2O2S/c1-10(2)8-5-3-7(9)4-6-8;9-6(10)3-1-4-5(8-3)7-2-11-4/h3-6H,9H2,1-2H3;1-2,8H,(H,9,10). The largest absolute Gasteiger partial charge is 0.477 e. The number of nitrogens with two attached hydrogens (primary N) is 1. The van der Waals surface area contributed by atoms with E-state index >= 15 is 0 Å². The van der Waals surface area contributed by atoms with E-state index in [1.165, 1.54) is 17.0 Å². The molecular formula is C14H16N4O2S. The van der Waals surface area contributed by atoms with Crippen LogP contribution in [0.5, 0.6) is 0 Å². The average molecular weight is 304 g/mol. The van der Waals surface area contributed by atoms with Gasteiger partial charge in [0.05, 0.1) is 10.2 Å². The molecule has 7 heteroatoms. The third kappa shape index (κ3) is 3.73. The second kappa shape index (κ2) is 6.27. The summed E-state index contributed by atoms with van der Waals surface area (Å²) in [5.74, 6) is -0.949. The van der Waals surface area contributed by atoms with E-state index in [0.717, 1.165) is 10.4 Å². The van der Waals surface area contributed by atoms with E-state index in [0.29, 0.717) is 5.65 Å². The predicted octanol–water partition coefficient (Wildman–Crippen LogP) is 2.66. The number of nitrogens with one attached hydrogen (secondary N) is 1. The molecule has 110 valence electrons. The number of fused-ring (bicyclic) bond motifs is 1. The number of hydrogen-bond donors (Lipinski definition) is 3. The van der Waals surface area contributed by atoms with Gasteiger partial charge in [0.15, 0.2) is 0 Å². The van der Waals surface area contributed by atoms with Crippen LogP contribution in [0.4, 0.5) is 11.4 Å². The number of aromatic nitrogens is 2. The Labute approximate surface area is 125 Å². The smallest absolute Gasteiger partial charge is 0.352 e. The van der Waals surface area contributed by atoms with Gasteiger partial charge in [-0.25, -0.2) is 9.78 Å². The molecule has 0 aliphatic carbocycles. The first kappa shape index (κ1) is 14.9. The van der Waals surface area contributed by atoms with Crippen LogP contribution in [0.1, 0.15) is 10.5 Å². The molecule has 0 amide bonds. The van der Waals surface area contributed by atoms with Gasteiger partial charge in [-0.2, -0.15) is 0 Å². The number of aromatic carboxylic acids is 1. The highest BCUT2D eigenvalue weighted by molar-refractivity contribution is 7.16. The summed E-state index contributed by atoms with van der Waals surface area (Å²) < 4.78 is 0.877. The monoisotopic (exact) mass is 304 g/mol. The number of anilines is 2. The highest BCUT2D eigenvalue weighted by Gasteiger charge is 2.07. The Balaban J connectivity index is 0.000000155. The topological polar surface area (TPSA) is 95.2 Å². The molecule has 3 aromatic rings. The Hall–Kier alpha value is -2.54. The van der Waals surface area contributed by atoms with Crippen LogP contribution in [0.3, 0.4) is 0 Å². The number of carboxylic acid groups (broad SMARTS) is 1. The van der Waals surface area contributed by atoms with Crippen LogP contribution >= 0.6 is 11.3 Å². The summed E-state index contributed by atoms with van der Waals surface area (Å²) in [6, 6.07) is 9.37. The van der Waals surface area contributed by atoms with Gasteiger partial charge < -0.3 is 20.7 Å². The van der Waals surface area contributed by atoms with E-state index in [1.54, 1.807) is 11.6 Å². The third-order valence-corrected chi connectivity index (χ3v) is 3.54. The molecule has 0 radical (unpaired) electrons. The SMILES string of the molecule is CN(C)c1ccc(N)cc1.O=C(O)c1cc2scnc2[nH]1. The van der Waals surface area contributed by atoms with Crippen molar-refractivity contribution in [3.05, 3.63) is 41.5 Å². The molecule has 0 bridgehead atoms. The molecule has 0 atom stereocenters. The summed E-state index contributed by atoms with van der Waals surface area (Å²) in [5, 5.41) is 8.55. The van der Waals surface area contributed by atoms with E-state index < -0.39 is 5.97 Å². The number of carbonyl (C=O) groups is 1. The summed E-state index contributed by atoms with van der Waals surface area (Å²) in [7, 11) is 4.01. The van der Waals surface area contributed by atoms with E-state index in [-0.39, 0.29) is 5.69 Å². The highest BCUT2D eigenvalue weighted by Crippen LogP contribution is 2.18. The van der Waals surface area contributed by atoms with Gasteiger partial charge in [0.1, 0.15) is 11.3 Å². The molecule has 0 aliphatic heterocycles. The molecule has 0 saturated heterocycles. The van der Waals surface area contributed by atoms with Gasteiger partial charge in [0.25, 0.3) is 0 Å². The Morgan fingerprint density at radius 3 is 2.52 bits per heavy atom. The van der Waals surface area contributed by atoms with Crippen molar-refractivity contribution in [2.75, 3.05) is 24.7 Å². The molecule has 1 aromatic carbocycles. The van der Waals surface area contributed by atoms with Gasteiger partial charge in [-0.1, -0.05) is 0 Å². The minimum atomic E-state index is -0.949. The molecule has 2 heterocycles. The minimum Gasteiger partial charge on any atom is -0.477 e. The first-order valence-corrected chi connectivity index (χ1v) is 7.03. The van der Waals surface area contributed by atoms with Gasteiger partial charge in [-0.05, 0) is 30.3 Å². The Kier molecular flexibility index (Phi) is 4.44. The van der Waals surface area contributed by atoms with Crippen LogP contribution in [-0.4, -0.2) is 35.1 Å². The fourth-order valence-electron chi connectivity index (χ4n) is 1.63. The van der Waals surface area contributed by atoms with Crippen LogP contribution in [0.2, 0.25) is 0 Å². The lowest BCUT2D eigenvalue weighted by molar-refractivity contribution is 0.0691. The number of hydrogen-bond acceptors (Lipinski definition) is 5. The predicted molar refractivity (Wildman–Crippen MR) is 86.1 cm³/mol. The summed E-state index contributed by atoms with van der Waals surface area (Å²) in [6.45, 7) is 0. The molecular weight excluding hydrogens is 288 g/mol. The zero-order valence-electron chi connectivity index (χ0n) is 11.7. The summed E-state index contributed by atoms with van der Waals surface area (Å²) in [5.41, 5.74) is 10.0. The lowest BCUT2D eigenvalue weighted by atomic mass is 10.3. The summed E-state index contributed by atoms with van der Waals surface area (Å²) >= 11 is 1.42. The first-order valence-electron chi connectivity index (χ1n) is 6.15. The van der Waals surface area contributed by atoms with Gasteiger partial charge in [-0.3, -0.25) is 0 Å². The van der Waals surface area contributed by atoms with E-state index in [4.69, 9.17) is 10.8 Å². The van der Waals surface area contributed by atoms with E-state index in [9.17, 15) is 4.79 Å². The van der Waals surface area contributed by atoms with Crippen molar-refractivity contribution in [2.45, 2.75) is 0 Å². The van der Waals surface area contributed by atoms with Gasteiger partial charge in [0.2, 0.25) is 0 Å². The second-order valence-corrected chi connectivity index (χ2v) is 5.43. The maximum absolute atomic E-state index is 10.4. The van der Waals surface area contributed by atoms with Crippen molar-refractivity contribution < 1.29 is 9.90 Å². The quantitative estimate of drug-likeness (QED) is 0.633. The van der Waals surface area contributed by atoms with E-state index in [2.05, 4.69) is 9.97 Å². The van der Waals surface area contributed by atoms with Crippen LogP contribution in [0.15, 0.2) is 35.8 Å². The highest BCUT2D eigenvalue weighted by atomic mass is 32.1. The average Bonchev–Trinajstić information content (AvgIpc) is 3.00. The van der Waals surface area contributed by atoms with Gasteiger partial charge >= 0.3 is 5.97 Å². The summed E-state index contributed by atoms with van der Waals surface area (Å²) in [4.78, 5) is 19.1. The number of nitrogen functional groups attached to an aromatic ring is 1. The molecule has 0 aliphatic rings. The molecule has 0 unspecified atom stereocenters. The van der Waals surface area contributed by atoms with Crippen molar-refractivity contribution in [3.63, 3.8) is 0 Å². The van der Waals surface area contributed by atoms with Crippen LogP contribution in [-0.2, 0) is 0 Å². The van der Waals surface area contributed by atoms with Crippen molar-refractivity contribution in [3.8, 4) is 0 Å². The number of thiazole rings is 1. The zero-order valence-corrected chi connectivity index (χ0v) is 12.5. The Morgan fingerprint density at radius 2 is 2.00 bits per heavy atom. The normalized spacial score (nSPS) is 10.0. The summed E-state index contributed by atoms with van der Waals surface area (Å²) in [6.07, 6.45) is 0. The van der Waals surface area contributed by atoms with Gasteiger partial charge in [-0.15, -0.1) is 11.3 Å². The van der Waals surface area contributed by atoms with Crippen molar-refractivity contribution >= 4 is 39.0 Å². The molecule has 0 fully saturated rings. The molecule has 3 rings (SSSR count). The minimum absolute atomic E-state index is 0.194. The van der Waals surface area contributed by atoms with Crippen LogP contribution in [0, 0.1) is 0 Å². The second-order valence-electron chi connectivity index (χ2n) is 4.54. The molecule has 6 nitrogen and oxygen atoms in total. The van der Waals surface area contributed by atoms with Gasteiger partial charge in [0, 0.05) is 25.5 Å². The Bertz CT molecular complexity index is 702. The van der Waals surface area contributed by atoms with Crippen LogP contribution < -0.4 is 10.6 Å². The van der Waals surface area contributed by atoms with Crippen molar-refractivity contribution in [1.82, 2.24) is 9.97 Å². The molecule has 0 spiro atoms. The molecule has 2 aromatic heterocycles. The Morgan fingerprint density at radius 1 is 1.33 bits per heavy atom. The van der Waals surface area contributed by atoms with Crippen molar-refractivity contribution in [1.29, 1.82) is 0 Å². The van der Waals surface area contributed by atoms with Crippen molar-refractivity contribution in [2.24, 2.45) is 0 Å². The fraction of sp³-hybridized carbons (Fsp3) is 0.143. The zero-order chi connectivity index (χ0) is 15.4. The number of carboxylic acids is 1. The number of benzene rings is 1. The molecule has 0 saturated carbocycles. The fourth-order valence-corrected chi connectivity index (χ4v) is 2.31. The molecule has 4 N–H and O–H groups in total. The third-order valence-electron chi connectivity index (χ3n) is 2.76. The first-order chi connectivity index (χ1) is 9.97. The van der Waals surface area contributed by atoms with Crippen LogP contribution in [0.25, 0.3) is 10.3 Å². The molecule has 21 heavy (non-hydrogen) atoms. The number of rotatable bonds is 2. The van der Waals surface area contributed by atoms with E-state index in [1.807, 2.05) is 43.3 Å². The maximum Gasteiger partial charge on any atom is 0.352 e. The number of H-pyrrole nitrogens is 1. The number of nitrogens with zero attached hydrogens (tertiary/aromatic N) is 2. The number of aromatic amines is 1. The maximum atomic E-state index is 10.4. The lowest BCUT2D eigenvalue weighted by Gasteiger charge is -2.11. The lowest BCUT2D eigenvalue weighted by Crippen LogP contribution is -2.08.